The maximum atomic E-state index is 4.18. The van der Waals surface area contributed by atoms with Gasteiger partial charge in [0, 0.05) is 37.2 Å². The van der Waals surface area contributed by atoms with Crippen LogP contribution in [-0.4, -0.2) is 21.4 Å². The van der Waals surface area contributed by atoms with Gasteiger partial charge in [0.25, 0.3) is 0 Å². The Labute approximate surface area is 102 Å². The number of aryl methyl sites for hydroxylation is 1. The van der Waals surface area contributed by atoms with Gasteiger partial charge in [-0.05, 0) is 25.1 Å². The lowest BCUT2D eigenvalue weighted by atomic mass is 10.1. The maximum Gasteiger partial charge on any atom is 0.0539 e. The van der Waals surface area contributed by atoms with Gasteiger partial charge in [-0.1, -0.05) is 6.92 Å². The average Bonchev–Trinajstić information content (AvgIpc) is 2.91. The molecule has 1 unspecified atom stereocenters. The molecule has 17 heavy (non-hydrogen) atoms. The molecule has 4 heteroatoms. The minimum absolute atomic E-state index is 0.449. The van der Waals surface area contributed by atoms with Crippen molar-refractivity contribution >= 4 is 0 Å². The smallest absolute Gasteiger partial charge is 0.0539 e. The lowest BCUT2D eigenvalue weighted by molar-refractivity contribution is 0.575. The van der Waals surface area contributed by atoms with E-state index in [0.717, 1.165) is 13.0 Å². The number of hydrogen-bond acceptors (Lipinski definition) is 2. The molecule has 0 radical (unpaired) electrons. The predicted molar refractivity (Wildman–Crippen MR) is 68.8 cm³/mol. The van der Waals surface area contributed by atoms with E-state index < -0.39 is 0 Å². The monoisotopic (exact) mass is 232 g/mol. The Morgan fingerprint density at radius 3 is 2.82 bits per heavy atom. The zero-order valence-electron chi connectivity index (χ0n) is 10.7. The van der Waals surface area contributed by atoms with Crippen LogP contribution < -0.4 is 5.32 Å². The molecule has 1 atom stereocenters. The van der Waals surface area contributed by atoms with Crippen molar-refractivity contribution in [3.63, 3.8) is 0 Å². The van der Waals surface area contributed by atoms with Crippen molar-refractivity contribution in [2.75, 3.05) is 7.05 Å². The van der Waals surface area contributed by atoms with Gasteiger partial charge >= 0.3 is 0 Å². The topological polar surface area (TPSA) is 34.8 Å². The number of aromatic nitrogens is 3. The Bertz CT molecular complexity index is 465. The highest BCUT2D eigenvalue weighted by molar-refractivity contribution is 5.17. The van der Waals surface area contributed by atoms with E-state index in [2.05, 4.69) is 46.6 Å². The Hall–Kier alpha value is -1.55. The molecule has 2 aromatic rings. The molecular formula is C13H20N4. The third-order valence-corrected chi connectivity index (χ3v) is 3.06. The summed E-state index contributed by atoms with van der Waals surface area (Å²) in [5.41, 5.74) is 2.58. The first-order valence-corrected chi connectivity index (χ1v) is 6.03. The van der Waals surface area contributed by atoms with E-state index in [4.69, 9.17) is 0 Å². The van der Waals surface area contributed by atoms with Gasteiger partial charge < -0.3 is 9.88 Å². The molecule has 0 bridgehead atoms. The van der Waals surface area contributed by atoms with E-state index in [9.17, 15) is 0 Å². The summed E-state index contributed by atoms with van der Waals surface area (Å²) in [5.74, 6) is 0. The minimum atomic E-state index is 0.449. The molecule has 2 aromatic heterocycles. The largest absolute Gasteiger partial charge is 0.349 e. The molecule has 0 aliphatic carbocycles. The molecule has 0 saturated heterocycles. The van der Waals surface area contributed by atoms with E-state index in [1.54, 1.807) is 0 Å². The van der Waals surface area contributed by atoms with Gasteiger partial charge in [-0.25, -0.2) is 0 Å². The van der Waals surface area contributed by atoms with Crippen molar-refractivity contribution in [1.82, 2.24) is 19.7 Å². The van der Waals surface area contributed by atoms with Crippen molar-refractivity contribution in [2.45, 2.75) is 25.9 Å². The van der Waals surface area contributed by atoms with E-state index in [1.165, 1.54) is 11.1 Å². The Morgan fingerprint density at radius 2 is 2.24 bits per heavy atom. The van der Waals surface area contributed by atoms with Crippen LogP contribution in [0.1, 0.15) is 30.5 Å². The van der Waals surface area contributed by atoms with Crippen LogP contribution >= 0.6 is 0 Å². The Morgan fingerprint density at radius 1 is 1.41 bits per heavy atom. The fourth-order valence-electron chi connectivity index (χ4n) is 2.13. The first-order chi connectivity index (χ1) is 8.22. The second-order valence-corrected chi connectivity index (χ2v) is 4.39. The normalized spacial score (nSPS) is 12.9. The van der Waals surface area contributed by atoms with E-state index in [0.29, 0.717) is 6.04 Å². The zero-order chi connectivity index (χ0) is 12.3. The number of nitrogens with one attached hydrogen (secondary N) is 1. The molecule has 0 aliphatic heterocycles. The summed E-state index contributed by atoms with van der Waals surface area (Å²) >= 11 is 0. The van der Waals surface area contributed by atoms with Gasteiger partial charge in [-0.15, -0.1) is 0 Å². The lowest BCUT2D eigenvalue weighted by Crippen LogP contribution is -2.14. The van der Waals surface area contributed by atoms with Crippen molar-refractivity contribution in [1.29, 1.82) is 0 Å². The third-order valence-electron chi connectivity index (χ3n) is 3.06. The van der Waals surface area contributed by atoms with Crippen molar-refractivity contribution in [3.8, 4) is 0 Å². The molecule has 1 N–H and O–H groups in total. The van der Waals surface area contributed by atoms with Gasteiger partial charge in [0.2, 0.25) is 0 Å². The molecule has 4 nitrogen and oxygen atoms in total. The van der Waals surface area contributed by atoms with E-state index >= 15 is 0 Å². The summed E-state index contributed by atoms with van der Waals surface area (Å²) in [6.45, 7) is 3.08. The second-order valence-electron chi connectivity index (χ2n) is 4.39. The van der Waals surface area contributed by atoms with Gasteiger partial charge in [0.05, 0.1) is 12.7 Å². The molecule has 2 heterocycles. The van der Waals surface area contributed by atoms with Gasteiger partial charge in [-0.2, -0.15) is 5.10 Å². The van der Waals surface area contributed by atoms with Crippen LogP contribution in [0.4, 0.5) is 0 Å². The molecule has 0 aromatic carbocycles. The van der Waals surface area contributed by atoms with Crippen LogP contribution in [0.3, 0.4) is 0 Å². The fourth-order valence-corrected chi connectivity index (χ4v) is 2.13. The highest BCUT2D eigenvalue weighted by Crippen LogP contribution is 2.16. The van der Waals surface area contributed by atoms with Crippen molar-refractivity contribution < 1.29 is 0 Å². The lowest BCUT2D eigenvalue weighted by Gasteiger charge is -2.11. The Balaban J connectivity index is 2.08. The Kier molecular flexibility index (Phi) is 3.64. The summed E-state index contributed by atoms with van der Waals surface area (Å²) in [6, 6.07) is 2.63. The summed E-state index contributed by atoms with van der Waals surface area (Å²) in [6.07, 6.45) is 9.40. The summed E-state index contributed by atoms with van der Waals surface area (Å²) in [5, 5.41) is 7.50. The SMILES string of the molecule is CCC(NC)c1ccn(Cc2cnn(C)c2)c1. The number of nitrogens with zero attached hydrogens (tertiary/aromatic N) is 3. The van der Waals surface area contributed by atoms with Gasteiger partial charge in [-0.3, -0.25) is 4.68 Å². The van der Waals surface area contributed by atoms with Crippen LogP contribution in [0, 0.1) is 0 Å². The molecule has 0 fully saturated rings. The average molecular weight is 232 g/mol. The van der Waals surface area contributed by atoms with Crippen LogP contribution in [0.25, 0.3) is 0 Å². The summed E-state index contributed by atoms with van der Waals surface area (Å²) in [7, 11) is 3.95. The highest BCUT2D eigenvalue weighted by atomic mass is 15.2. The number of hydrogen-bond donors (Lipinski definition) is 1. The maximum absolute atomic E-state index is 4.18. The first-order valence-electron chi connectivity index (χ1n) is 6.03. The molecule has 0 saturated carbocycles. The van der Waals surface area contributed by atoms with Crippen LogP contribution in [0.15, 0.2) is 30.9 Å². The quantitative estimate of drug-likeness (QED) is 0.855. The first kappa shape index (κ1) is 11.9. The van der Waals surface area contributed by atoms with Crippen LogP contribution in [0.2, 0.25) is 0 Å². The second kappa shape index (κ2) is 5.19. The summed E-state index contributed by atoms with van der Waals surface area (Å²) in [4.78, 5) is 0. The minimum Gasteiger partial charge on any atom is -0.349 e. The fraction of sp³-hybridized carbons (Fsp3) is 0.462. The standard InChI is InChI=1S/C13H20N4/c1-4-13(14-2)12-5-6-17(10-12)9-11-7-15-16(3)8-11/h5-8,10,13-14H,4,9H2,1-3H3. The molecule has 92 valence electrons. The van der Waals surface area contributed by atoms with E-state index in [-0.39, 0.29) is 0 Å². The number of rotatable bonds is 5. The van der Waals surface area contributed by atoms with Crippen molar-refractivity contribution in [2.24, 2.45) is 7.05 Å². The third kappa shape index (κ3) is 2.77. The molecule has 0 amide bonds. The predicted octanol–water partition coefficient (Wildman–Crippen LogP) is 1.94. The van der Waals surface area contributed by atoms with Crippen LogP contribution in [0.5, 0.6) is 0 Å². The summed E-state index contributed by atoms with van der Waals surface area (Å²) < 4.78 is 4.04. The van der Waals surface area contributed by atoms with Gasteiger partial charge in [0.1, 0.15) is 0 Å². The highest BCUT2D eigenvalue weighted by Gasteiger charge is 2.08. The molecule has 0 aliphatic rings. The molecule has 2 rings (SSSR count). The van der Waals surface area contributed by atoms with Crippen molar-refractivity contribution in [3.05, 3.63) is 42.0 Å². The zero-order valence-corrected chi connectivity index (χ0v) is 10.7. The molecular weight excluding hydrogens is 212 g/mol. The molecule has 0 spiro atoms. The van der Waals surface area contributed by atoms with E-state index in [1.807, 2.05) is 25.0 Å². The van der Waals surface area contributed by atoms with Gasteiger partial charge in [0.15, 0.2) is 0 Å². The van der Waals surface area contributed by atoms with Crippen LogP contribution in [-0.2, 0) is 13.6 Å².